The van der Waals surface area contributed by atoms with Gasteiger partial charge in [0, 0.05) is 24.5 Å². The molecule has 0 saturated heterocycles. The number of aryl methyl sites for hydroxylation is 1. The fraction of sp³-hybridized carbons (Fsp3) is 0.310. The van der Waals surface area contributed by atoms with Gasteiger partial charge in [-0.25, -0.2) is 0 Å². The normalized spacial score (nSPS) is 11.7. The molecule has 0 aromatic heterocycles. The maximum atomic E-state index is 13.6. The molecule has 0 heterocycles. The average molecular weight is 493 g/mol. The van der Waals surface area contributed by atoms with Crippen LogP contribution in [0.15, 0.2) is 78.9 Å². The number of benzene rings is 3. The van der Waals surface area contributed by atoms with E-state index in [0.717, 1.165) is 16.7 Å². The van der Waals surface area contributed by atoms with E-state index in [2.05, 4.69) is 5.32 Å². The number of nitrogens with zero attached hydrogens (tertiary/aromatic N) is 1. The molecular formula is C29H33ClN2O3. The molecule has 0 aliphatic carbocycles. The van der Waals surface area contributed by atoms with Crippen molar-refractivity contribution in [3.63, 3.8) is 0 Å². The van der Waals surface area contributed by atoms with Gasteiger partial charge in [-0.2, -0.15) is 0 Å². The van der Waals surface area contributed by atoms with E-state index in [1.807, 2.05) is 93.6 Å². The van der Waals surface area contributed by atoms with Gasteiger partial charge in [0.1, 0.15) is 11.8 Å². The number of amides is 2. The SMILES string of the molecule is Cc1cccc(OCC(=O)N(Cc2ccccc2Cl)[C@@H](Cc2ccccc2)C(=O)NCC(C)C)c1. The number of nitrogens with one attached hydrogen (secondary N) is 1. The minimum atomic E-state index is -0.721. The summed E-state index contributed by atoms with van der Waals surface area (Å²) in [6.45, 7) is 6.58. The second-order valence-corrected chi connectivity index (χ2v) is 9.47. The van der Waals surface area contributed by atoms with Crippen LogP contribution in [0, 0.1) is 12.8 Å². The zero-order valence-electron chi connectivity index (χ0n) is 20.5. The standard InChI is InChI=1S/C29H33ClN2O3/c1-21(2)18-31-29(34)27(17-23-11-5-4-6-12-23)32(19-24-13-7-8-15-26(24)30)28(33)20-35-25-14-9-10-22(3)16-25/h4-16,21,27H,17-20H2,1-3H3,(H,31,34)/t27-/m0/s1. The molecule has 0 aliphatic heterocycles. The molecule has 0 radical (unpaired) electrons. The molecule has 2 amide bonds. The smallest absolute Gasteiger partial charge is 0.261 e. The maximum absolute atomic E-state index is 13.6. The molecule has 6 heteroatoms. The van der Waals surface area contributed by atoms with Crippen LogP contribution in [0.3, 0.4) is 0 Å². The van der Waals surface area contributed by atoms with Crippen LogP contribution in [0.25, 0.3) is 0 Å². The first-order valence-electron chi connectivity index (χ1n) is 11.9. The van der Waals surface area contributed by atoms with Gasteiger partial charge in [0.25, 0.3) is 5.91 Å². The number of carbonyl (C=O) groups is 2. The van der Waals surface area contributed by atoms with Crippen molar-refractivity contribution in [2.24, 2.45) is 5.92 Å². The third-order valence-electron chi connectivity index (χ3n) is 5.61. The Morgan fingerprint density at radius 2 is 1.69 bits per heavy atom. The van der Waals surface area contributed by atoms with E-state index in [1.165, 1.54) is 0 Å². The monoisotopic (exact) mass is 492 g/mol. The van der Waals surface area contributed by atoms with Crippen molar-refractivity contribution < 1.29 is 14.3 Å². The first kappa shape index (κ1) is 26.3. The molecule has 0 spiro atoms. The second-order valence-electron chi connectivity index (χ2n) is 9.06. The molecule has 1 N–H and O–H groups in total. The van der Waals surface area contributed by atoms with E-state index in [9.17, 15) is 9.59 Å². The van der Waals surface area contributed by atoms with Crippen LogP contribution < -0.4 is 10.1 Å². The summed E-state index contributed by atoms with van der Waals surface area (Å²) in [6, 6.07) is 23.9. The molecule has 0 saturated carbocycles. The van der Waals surface area contributed by atoms with Crippen molar-refractivity contribution in [1.29, 1.82) is 0 Å². The van der Waals surface area contributed by atoms with E-state index in [0.29, 0.717) is 23.7 Å². The van der Waals surface area contributed by atoms with E-state index in [4.69, 9.17) is 16.3 Å². The highest BCUT2D eigenvalue weighted by Gasteiger charge is 2.31. The highest BCUT2D eigenvalue weighted by Crippen LogP contribution is 2.21. The highest BCUT2D eigenvalue weighted by molar-refractivity contribution is 6.31. The lowest BCUT2D eigenvalue weighted by Gasteiger charge is -2.32. The average Bonchev–Trinajstić information content (AvgIpc) is 2.85. The Kier molecular flexibility index (Phi) is 9.74. The molecule has 35 heavy (non-hydrogen) atoms. The predicted octanol–water partition coefficient (Wildman–Crippen LogP) is 5.44. The van der Waals surface area contributed by atoms with Crippen molar-refractivity contribution >= 4 is 23.4 Å². The maximum Gasteiger partial charge on any atom is 0.261 e. The molecule has 0 bridgehead atoms. The summed E-state index contributed by atoms with van der Waals surface area (Å²) in [5.41, 5.74) is 2.78. The molecule has 3 aromatic rings. The summed E-state index contributed by atoms with van der Waals surface area (Å²) >= 11 is 6.44. The summed E-state index contributed by atoms with van der Waals surface area (Å²) in [4.78, 5) is 28.6. The number of ether oxygens (including phenoxy) is 1. The minimum absolute atomic E-state index is 0.184. The van der Waals surface area contributed by atoms with Gasteiger partial charge >= 0.3 is 0 Å². The van der Waals surface area contributed by atoms with Crippen molar-refractivity contribution in [2.45, 2.75) is 39.8 Å². The largest absolute Gasteiger partial charge is 0.484 e. The molecule has 0 fully saturated rings. The minimum Gasteiger partial charge on any atom is -0.484 e. The van der Waals surface area contributed by atoms with Crippen molar-refractivity contribution in [3.8, 4) is 5.75 Å². The number of rotatable bonds is 11. The van der Waals surface area contributed by atoms with Crippen molar-refractivity contribution in [2.75, 3.05) is 13.2 Å². The lowest BCUT2D eigenvalue weighted by atomic mass is 10.0. The van der Waals surface area contributed by atoms with Crippen LogP contribution in [0.2, 0.25) is 5.02 Å². The lowest BCUT2D eigenvalue weighted by molar-refractivity contribution is -0.142. The van der Waals surface area contributed by atoms with Gasteiger partial charge < -0.3 is 15.0 Å². The second kappa shape index (κ2) is 13.0. The van der Waals surface area contributed by atoms with Crippen LogP contribution in [0.4, 0.5) is 0 Å². The van der Waals surface area contributed by atoms with Gasteiger partial charge in [0.05, 0.1) is 0 Å². The van der Waals surface area contributed by atoms with E-state index < -0.39 is 6.04 Å². The highest BCUT2D eigenvalue weighted by atomic mass is 35.5. The number of hydrogen-bond acceptors (Lipinski definition) is 3. The summed E-state index contributed by atoms with van der Waals surface area (Å²) in [5, 5.41) is 3.56. The van der Waals surface area contributed by atoms with E-state index in [1.54, 1.807) is 11.0 Å². The summed E-state index contributed by atoms with van der Waals surface area (Å²) in [7, 11) is 0. The Morgan fingerprint density at radius 1 is 0.971 bits per heavy atom. The topological polar surface area (TPSA) is 58.6 Å². The van der Waals surface area contributed by atoms with Gasteiger partial charge in [0.15, 0.2) is 6.61 Å². The van der Waals surface area contributed by atoms with E-state index in [-0.39, 0.29) is 30.9 Å². The Balaban J connectivity index is 1.91. The molecule has 5 nitrogen and oxygen atoms in total. The molecule has 184 valence electrons. The van der Waals surface area contributed by atoms with Crippen LogP contribution in [0.1, 0.15) is 30.5 Å². The molecule has 0 aliphatic rings. The van der Waals surface area contributed by atoms with Gasteiger partial charge in [-0.05, 0) is 47.7 Å². The third kappa shape index (κ3) is 8.15. The Labute approximate surface area is 213 Å². The van der Waals surface area contributed by atoms with Crippen LogP contribution >= 0.6 is 11.6 Å². The van der Waals surface area contributed by atoms with Crippen molar-refractivity contribution in [1.82, 2.24) is 10.2 Å². The Hall–Kier alpha value is -3.31. The molecule has 1 atom stereocenters. The fourth-order valence-corrected chi connectivity index (χ4v) is 3.92. The van der Waals surface area contributed by atoms with Gasteiger partial charge in [-0.1, -0.05) is 86.1 Å². The van der Waals surface area contributed by atoms with Crippen LogP contribution in [-0.4, -0.2) is 35.9 Å². The predicted molar refractivity (Wildman–Crippen MR) is 140 cm³/mol. The summed E-state index contributed by atoms with van der Waals surface area (Å²) < 4.78 is 5.82. The number of carbonyl (C=O) groups excluding carboxylic acids is 2. The zero-order chi connectivity index (χ0) is 25.2. The van der Waals surface area contributed by atoms with Crippen LogP contribution in [0.5, 0.6) is 5.75 Å². The first-order chi connectivity index (χ1) is 16.8. The van der Waals surface area contributed by atoms with Gasteiger partial charge in [-0.15, -0.1) is 0 Å². The first-order valence-corrected chi connectivity index (χ1v) is 12.2. The van der Waals surface area contributed by atoms with Gasteiger partial charge in [-0.3, -0.25) is 9.59 Å². The number of halogens is 1. The third-order valence-corrected chi connectivity index (χ3v) is 5.97. The summed E-state index contributed by atoms with van der Waals surface area (Å²) in [5.74, 6) is 0.416. The lowest BCUT2D eigenvalue weighted by Crippen LogP contribution is -2.52. The van der Waals surface area contributed by atoms with Crippen molar-refractivity contribution in [3.05, 3.63) is 101 Å². The van der Waals surface area contributed by atoms with Crippen LogP contribution in [-0.2, 0) is 22.6 Å². The van der Waals surface area contributed by atoms with E-state index >= 15 is 0 Å². The molecule has 3 rings (SSSR count). The number of hydrogen-bond donors (Lipinski definition) is 1. The molecular weight excluding hydrogens is 460 g/mol. The Morgan fingerprint density at radius 3 is 2.37 bits per heavy atom. The molecule has 3 aromatic carbocycles. The Bertz CT molecular complexity index is 1120. The fourth-order valence-electron chi connectivity index (χ4n) is 3.72. The quantitative estimate of drug-likeness (QED) is 0.387. The molecule has 0 unspecified atom stereocenters. The van der Waals surface area contributed by atoms with Gasteiger partial charge in [0.2, 0.25) is 5.91 Å². The summed E-state index contributed by atoms with van der Waals surface area (Å²) in [6.07, 6.45) is 0.380. The zero-order valence-corrected chi connectivity index (χ0v) is 21.3.